The molecule has 2 aromatic heterocycles. The van der Waals surface area contributed by atoms with Crippen LogP contribution in [-0.2, 0) is 11.3 Å². The van der Waals surface area contributed by atoms with Gasteiger partial charge in [-0.05, 0) is 11.3 Å². The minimum atomic E-state index is -0.372. The first-order valence-electron chi connectivity index (χ1n) is 6.13. The van der Waals surface area contributed by atoms with Crippen LogP contribution in [-0.4, -0.2) is 37.3 Å². The second-order valence-corrected chi connectivity index (χ2v) is 4.26. The molecule has 0 atom stereocenters. The Morgan fingerprint density at radius 1 is 1.48 bits per heavy atom. The van der Waals surface area contributed by atoms with Crippen LogP contribution in [0.15, 0.2) is 35.6 Å². The van der Waals surface area contributed by atoms with E-state index in [1.165, 1.54) is 0 Å². The molecule has 0 aliphatic rings. The predicted molar refractivity (Wildman–Crippen MR) is 76.3 cm³/mol. The number of carbonyl (C=O) groups excluding carboxylic acids is 1. The van der Waals surface area contributed by atoms with Crippen LogP contribution in [0.1, 0.15) is 5.56 Å². The van der Waals surface area contributed by atoms with Crippen molar-refractivity contribution in [1.82, 2.24) is 30.6 Å². The van der Waals surface area contributed by atoms with Crippen molar-refractivity contribution in [2.24, 2.45) is 5.10 Å². The Morgan fingerprint density at radius 2 is 2.33 bits per heavy atom. The van der Waals surface area contributed by atoms with E-state index in [1.807, 2.05) is 30.5 Å². The SMILES string of the molecule is Nc1nnn(CC(=O)N/N=C\c2c[nH]c3ccccc23)n1. The monoisotopic (exact) mass is 284 g/mol. The van der Waals surface area contributed by atoms with Crippen LogP contribution in [0, 0.1) is 0 Å². The Hall–Kier alpha value is -3.23. The fraction of sp³-hybridized carbons (Fsp3) is 0.0833. The summed E-state index contributed by atoms with van der Waals surface area (Å²) < 4.78 is 0. The number of aromatic nitrogens is 5. The van der Waals surface area contributed by atoms with Crippen LogP contribution in [0.4, 0.5) is 5.95 Å². The summed E-state index contributed by atoms with van der Waals surface area (Å²) >= 11 is 0. The number of H-pyrrole nitrogens is 1. The van der Waals surface area contributed by atoms with Gasteiger partial charge in [-0.15, -0.1) is 5.10 Å². The molecule has 0 fully saturated rings. The third-order valence-corrected chi connectivity index (χ3v) is 2.77. The van der Waals surface area contributed by atoms with E-state index in [2.05, 4.69) is 30.9 Å². The van der Waals surface area contributed by atoms with Crippen molar-refractivity contribution >= 4 is 29.0 Å². The number of fused-ring (bicyclic) bond motifs is 1. The summed E-state index contributed by atoms with van der Waals surface area (Å²) in [6, 6.07) is 7.81. The second kappa shape index (κ2) is 5.41. The molecule has 9 nitrogen and oxygen atoms in total. The van der Waals surface area contributed by atoms with Gasteiger partial charge in [-0.2, -0.15) is 9.90 Å². The van der Waals surface area contributed by atoms with Crippen LogP contribution >= 0.6 is 0 Å². The van der Waals surface area contributed by atoms with Gasteiger partial charge >= 0.3 is 0 Å². The Labute approximate surface area is 118 Å². The number of nitrogens with two attached hydrogens (primary N) is 1. The van der Waals surface area contributed by atoms with E-state index in [4.69, 9.17) is 5.73 Å². The number of hydrogen-bond donors (Lipinski definition) is 3. The highest BCUT2D eigenvalue weighted by molar-refractivity contribution is 5.99. The van der Waals surface area contributed by atoms with Crippen LogP contribution in [0.2, 0.25) is 0 Å². The molecular formula is C12H12N8O. The van der Waals surface area contributed by atoms with E-state index in [0.717, 1.165) is 21.3 Å². The molecule has 0 bridgehead atoms. The van der Waals surface area contributed by atoms with Gasteiger partial charge in [0, 0.05) is 22.7 Å². The summed E-state index contributed by atoms with van der Waals surface area (Å²) in [4.78, 5) is 15.8. The lowest BCUT2D eigenvalue weighted by atomic mass is 10.2. The number of tetrazole rings is 1. The Bertz CT molecular complexity index is 802. The molecule has 3 rings (SSSR count). The van der Waals surface area contributed by atoms with Gasteiger partial charge < -0.3 is 10.7 Å². The average molecular weight is 284 g/mol. The van der Waals surface area contributed by atoms with Crippen molar-refractivity contribution < 1.29 is 4.79 Å². The van der Waals surface area contributed by atoms with Crippen molar-refractivity contribution in [3.05, 3.63) is 36.0 Å². The second-order valence-electron chi connectivity index (χ2n) is 4.26. The molecule has 0 saturated heterocycles. The molecule has 9 heteroatoms. The maximum Gasteiger partial charge on any atom is 0.263 e. The molecule has 0 aliphatic carbocycles. The molecule has 0 unspecified atom stereocenters. The summed E-state index contributed by atoms with van der Waals surface area (Å²) in [7, 11) is 0. The van der Waals surface area contributed by atoms with E-state index >= 15 is 0 Å². The van der Waals surface area contributed by atoms with E-state index in [-0.39, 0.29) is 18.4 Å². The van der Waals surface area contributed by atoms with Crippen molar-refractivity contribution in [3.8, 4) is 0 Å². The average Bonchev–Trinajstić information content (AvgIpc) is 3.06. The van der Waals surface area contributed by atoms with Crippen molar-refractivity contribution in [2.75, 3.05) is 5.73 Å². The third-order valence-electron chi connectivity index (χ3n) is 2.77. The number of amides is 1. The number of hydrogen-bond acceptors (Lipinski definition) is 6. The highest BCUT2D eigenvalue weighted by Gasteiger charge is 2.05. The summed E-state index contributed by atoms with van der Waals surface area (Å²) in [5.74, 6) is -0.353. The van der Waals surface area contributed by atoms with Crippen LogP contribution in [0.5, 0.6) is 0 Å². The first-order valence-corrected chi connectivity index (χ1v) is 6.13. The minimum absolute atomic E-state index is 0.0186. The summed E-state index contributed by atoms with van der Waals surface area (Å²) in [6.45, 7) is -0.102. The van der Waals surface area contributed by atoms with Gasteiger partial charge in [0.25, 0.3) is 11.9 Å². The number of nitrogen functional groups attached to an aromatic ring is 1. The molecule has 1 aromatic carbocycles. The molecule has 4 N–H and O–H groups in total. The van der Waals surface area contributed by atoms with Crippen LogP contribution in [0.3, 0.4) is 0 Å². The molecule has 0 radical (unpaired) electrons. The number of carbonyl (C=O) groups is 1. The number of anilines is 1. The van der Waals surface area contributed by atoms with Crippen LogP contribution in [0.25, 0.3) is 10.9 Å². The van der Waals surface area contributed by atoms with Crippen molar-refractivity contribution in [2.45, 2.75) is 6.54 Å². The highest BCUT2D eigenvalue weighted by atomic mass is 16.2. The molecule has 21 heavy (non-hydrogen) atoms. The maximum absolute atomic E-state index is 11.6. The normalized spacial score (nSPS) is 11.2. The van der Waals surface area contributed by atoms with E-state index in [0.29, 0.717) is 0 Å². The van der Waals surface area contributed by atoms with Crippen molar-refractivity contribution in [1.29, 1.82) is 0 Å². The van der Waals surface area contributed by atoms with Gasteiger partial charge in [-0.3, -0.25) is 4.79 Å². The molecule has 0 saturated carbocycles. The largest absolute Gasteiger partial charge is 0.365 e. The lowest BCUT2D eigenvalue weighted by Gasteiger charge is -1.97. The van der Waals surface area contributed by atoms with E-state index < -0.39 is 0 Å². The van der Waals surface area contributed by atoms with Gasteiger partial charge in [0.05, 0.1) is 6.21 Å². The third kappa shape index (κ3) is 2.86. The smallest absolute Gasteiger partial charge is 0.263 e. The summed E-state index contributed by atoms with van der Waals surface area (Å²) in [6.07, 6.45) is 3.39. The maximum atomic E-state index is 11.6. The zero-order valence-corrected chi connectivity index (χ0v) is 10.9. The minimum Gasteiger partial charge on any atom is -0.365 e. The number of nitrogens with zero attached hydrogens (tertiary/aromatic N) is 5. The topological polar surface area (TPSA) is 127 Å². The molecule has 106 valence electrons. The Kier molecular flexibility index (Phi) is 3.29. The molecule has 0 spiro atoms. The lowest BCUT2D eigenvalue weighted by molar-refractivity contribution is -0.122. The predicted octanol–water partition coefficient (Wildman–Crippen LogP) is -0.113. The van der Waals surface area contributed by atoms with Crippen LogP contribution < -0.4 is 11.2 Å². The number of para-hydroxylation sites is 1. The standard InChI is InChI=1S/C12H12N8O/c13-12-17-19-20(18-12)7-11(21)16-15-6-8-5-14-10-4-2-1-3-9(8)10/h1-6,14H,7H2,(H2,13,18)(H,16,21)/b15-6-. The summed E-state index contributed by atoms with van der Waals surface area (Å²) in [5.41, 5.74) is 9.58. The lowest BCUT2D eigenvalue weighted by Crippen LogP contribution is -2.24. The first kappa shape index (κ1) is 12.8. The van der Waals surface area contributed by atoms with Crippen molar-refractivity contribution in [3.63, 3.8) is 0 Å². The van der Waals surface area contributed by atoms with Gasteiger partial charge in [0.1, 0.15) is 6.54 Å². The van der Waals surface area contributed by atoms with Gasteiger partial charge in [0.15, 0.2) is 0 Å². The van der Waals surface area contributed by atoms with E-state index in [9.17, 15) is 4.79 Å². The first-order chi connectivity index (χ1) is 10.2. The van der Waals surface area contributed by atoms with E-state index in [1.54, 1.807) is 6.21 Å². The molecule has 2 heterocycles. The highest BCUT2D eigenvalue weighted by Crippen LogP contribution is 2.15. The summed E-state index contributed by atoms with van der Waals surface area (Å²) in [5, 5.41) is 15.7. The zero-order chi connectivity index (χ0) is 14.7. The zero-order valence-electron chi connectivity index (χ0n) is 10.9. The molecule has 1 amide bonds. The van der Waals surface area contributed by atoms with Gasteiger partial charge in [-0.1, -0.05) is 23.3 Å². The number of rotatable bonds is 4. The fourth-order valence-electron chi connectivity index (χ4n) is 1.86. The number of nitrogens with one attached hydrogen (secondary N) is 2. The Balaban J connectivity index is 1.63. The number of hydrazone groups is 1. The van der Waals surface area contributed by atoms with Gasteiger partial charge in [0.2, 0.25) is 0 Å². The number of benzene rings is 1. The molecule has 0 aliphatic heterocycles. The quantitative estimate of drug-likeness (QED) is 0.455. The van der Waals surface area contributed by atoms with Gasteiger partial charge in [-0.25, -0.2) is 5.43 Å². The molecular weight excluding hydrogens is 272 g/mol. The fourth-order valence-corrected chi connectivity index (χ4v) is 1.86. The molecule has 3 aromatic rings. The Morgan fingerprint density at radius 3 is 3.14 bits per heavy atom. The number of aromatic amines is 1.